The fraction of sp³-hybridized carbons (Fsp3) is 0.714. The first kappa shape index (κ1) is 10.9. The van der Waals surface area contributed by atoms with Crippen LogP contribution < -0.4 is 0 Å². The fourth-order valence-electron chi connectivity index (χ4n) is 1.10. The van der Waals surface area contributed by atoms with E-state index < -0.39 is 36.4 Å². The molecule has 0 bridgehead atoms. The van der Waals surface area contributed by atoms with Crippen LogP contribution in [0.15, 0.2) is 0 Å². The Balaban J connectivity index is 2.71. The Morgan fingerprint density at radius 2 is 2.14 bits per heavy atom. The molecule has 14 heavy (non-hydrogen) atoms. The van der Waals surface area contributed by atoms with Crippen molar-refractivity contribution in [2.45, 2.75) is 24.4 Å². The zero-order valence-electron chi connectivity index (χ0n) is 7.28. The number of hydrogen-bond acceptors (Lipinski definition) is 7. The number of methoxy groups -OCH3 is 1. The first-order valence-electron chi connectivity index (χ1n) is 3.81. The molecule has 7 nitrogen and oxygen atoms in total. The highest BCUT2D eigenvalue weighted by Gasteiger charge is 2.48. The summed E-state index contributed by atoms with van der Waals surface area (Å²) in [4.78, 5) is 21.5. The molecule has 1 heterocycles. The summed E-state index contributed by atoms with van der Waals surface area (Å²) in [6.45, 7) is 0. The summed E-state index contributed by atoms with van der Waals surface area (Å²) in [7, 11) is 1.03. The third kappa shape index (κ3) is 1.69. The van der Waals surface area contributed by atoms with E-state index in [1.165, 1.54) is 0 Å². The predicted molar refractivity (Wildman–Crippen MR) is 39.9 cm³/mol. The molecule has 0 unspecified atom stereocenters. The van der Waals surface area contributed by atoms with Gasteiger partial charge in [0, 0.05) is 0 Å². The summed E-state index contributed by atoms with van der Waals surface area (Å²) in [6, 6.07) is 0. The van der Waals surface area contributed by atoms with E-state index in [9.17, 15) is 19.8 Å². The Morgan fingerprint density at radius 1 is 1.57 bits per heavy atom. The van der Waals surface area contributed by atoms with Gasteiger partial charge in [0.15, 0.2) is 18.3 Å². The molecule has 1 aliphatic rings. The van der Waals surface area contributed by atoms with Crippen molar-refractivity contribution in [1.82, 2.24) is 0 Å². The van der Waals surface area contributed by atoms with Crippen molar-refractivity contribution in [2.24, 2.45) is 0 Å². The van der Waals surface area contributed by atoms with Gasteiger partial charge in [-0.15, -0.1) is 0 Å². The molecular weight excluding hydrogens is 196 g/mol. The number of aliphatic hydroxyl groups excluding tert-OH is 3. The van der Waals surface area contributed by atoms with E-state index in [4.69, 9.17) is 5.11 Å². The minimum atomic E-state index is -1.80. The average molecular weight is 206 g/mol. The quantitative estimate of drug-likeness (QED) is 0.417. The molecule has 0 amide bonds. The molecule has 1 aliphatic heterocycles. The van der Waals surface area contributed by atoms with Gasteiger partial charge in [-0.25, -0.2) is 9.59 Å². The van der Waals surface area contributed by atoms with Gasteiger partial charge < -0.3 is 24.8 Å². The van der Waals surface area contributed by atoms with E-state index in [1.807, 2.05) is 0 Å². The highest BCUT2D eigenvalue weighted by Crippen LogP contribution is 2.19. The predicted octanol–water partition coefficient (Wildman–Crippen LogP) is -2.83. The molecule has 1 rings (SSSR count). The van der Waals surface area contributed by atoms with Crippen LogP contribution in [0, 0.1) is 0 Å². The lowest BCUT2D eigenvalue weighted by atomic mass is 10.1. The minimum Gasteiger partial charge on any atom is -0.467 e. The maximum Gasteiger partial charge on any atom is 0.338 e. The standard InChI is InChI=1S/C7H10O7/c1-13-6(11)4(10)5-2(8)3(9)7(12)14-5/h2-5,8-10H,1H3/t2-,3+,4-,5+/m1/s1. The second kappa shape index (κ2) is 3.91. The van der Waals surface area contributed by atoms with E-state index in [2.05, 4.69) is 9.47 Å². The summed E-state index contributed by atoms with van der Waals surface area (Å²) in [6.07, 6.45) is -6.64. The number of carbonyl (C=O) groups is 2. The molecule has 0 aromatic heterocycles. The van der Waals surface area contributed by atoms with Gasteiger partial charge in [0.25, 0.3) is 0 Å². The van der Waals surface area contributed by atoms with Gasteiger partial charge in [-0.1, -0.05) is 0 Å². The molecule has 0 aliphatic carbocycles. The van der Waals surface area contributed by atoms with E-state index in [-0.39, 0.29) is 0 Å². The van der Waals surface area contributed by atoms with Crippen LogP contribution in [-0.2, 0) is 19.1 Å². The maximum atomic E-state index is 10.8. The Hall–Kier alpha value is -1.18. The molecule has 4 atom stereocenters. The summed E-state index contributed by atoms with van der Waals surface area (Å²) in [5.74, 6) is -2.12. The summed E-state index contributed by atoms with van der Waals surface area (Å²) in [5.41, 5.74) is 0. The molecule has 1 saturated heterocycles. The maximum absolute atomic E-state index is 10.8. The van der Waals surface area contributed by atoms with E-state index in [1.54, 1.807) is 0 Å². The smallest absolute Gasteiger partial charge is 0.338 e. The highest BCUT2D eigenvalue weighted by atomic mass is 16.6. The van der Waals surface area contributed by atoms with Crippen molar-refractivity contribution in [3.05, 3.63) is 0 Å². The third-order valence-corrected chi connectivity index (χ3v) is 1.91. The van der Waals surface area contributed by atoms with Crippen LogP contribution in [0.1, 0.15) is 0 Å². The van der Waals surface area contributed by atoms with Crippen molar-refractivity contribution in [2.75, 3.05) is 7.11 Å². The van der Waals surface area contributed by atoms with Gasteiger partial charge in [-0.2, -0.15) is 0 Å². The summed E-state index contributed by atoms with van der Waals surface area (Å²) in [5, 5.41) is 27.3. The molecule has 7 heteroatoms. The van der Waals surface area contributed by atoms with Gasteiger partial charge in [-0.05, 0) is 0 Å². The minimum absolute atomic E-state index is 1.03. The van der Waals surface area contributed by atoms with Crippen molar-refractivity contribution in [3.63, 3.8) is 0 Å². The van der Waals surface area contributed by atoms with Crippen molar-refractivity contribution in [3.8, 4) is 0 Å². The number of rotatable bonds is 2. The highest BCUT2D eigenvalue weighted by molar-refractivity contribution is 5.81. The molecule has 0 radical (unpaired) electrons. The lowest BCUT2D eigenvalue weighted by Crippen LogP contribution is -2.43. The second-order valence-electron chi connectivity index (χ2n) is 2.80. The van der Waals surface area contributed by atoms with Crippen LogP contribution in [-0.4, -0.2) is 58.8 Å². The first-order chi connectivity index (χ1) is 6.49. The van der Waals surface area contributed by atoms with Crippen LogP contribution in [0.2, 0.25) is 0 Å². The third-order valence-electron chi connectivity index (χ3n) is 1.91. The van der Waals surface area contributed by atoms with Crippen LogP contribution in [0.5, 0.6) is 0 Å². The Labute approximate surface area is 78.9 Å². The van der Waals surface area contributed by atoms with E-state index in [0.717, 1.165) is 7.11 Å². The van der Waals surface area contributed by atoms with Crippen LogP contribution in [0.3, 0.4) is 0 Å². The topological polar surface area (TPSA) is 113 Å². The van der Waals surface area contributed by atoms with Gasteiger partial charge in [0.05, 0.1) is 7.11 Å². The normalized spacial score (nSPS) is 33.7. The Bertz CT molecular complexity index is 250. The van der Waals surface area contributed by atoms with E-state index in [0.29, 0.717) is 0 Å². The van der Waals surface area contributed by atoms with Crippen molar-refractivity contribution in [1.29, 1.82) is 0 Å². The summed E-state index contributed by atoms with van der Waals surface area (Å²) < 4.78 is 8.55. The lowest BCUT2D eigenvalue weighted by Gasteiger charge is -2.17. The molecule has 1 fully saturated rings. The van der Waals surface area contributed by atoms with Crippen LogP contribution >= 0.6 is 0 Å². The zero-order chi connectivity index (χ0) is 10.9. The van der Waals surface area contributed by atoms with Crippen LogP contribution in [0.4, 0.5) is 0 Å². The monoisotopic (exact) mass is 206 g/mol. The SMILES string of the molecule is COC(=O)[C@H](O)[C@H]1OC(=O)[C@@H](O)[C@H]1O. The number of cyclic esters (lactones) is 1. The van der Waals surface area contributed by atoms with Gasteiger partial charge in [0.2, 0.25) is 0 Å². The van der Waals surface area contributed by atoms with Crippen molar-refractivity contribution < 1.29 is 34.4 Å². The number of carbonyl (C=O) groups excluding carboxylic acids is 2. The molecule has 80 valence electrons. The number of hydrogen-bond donors (Lipinski definition) is 3. The van der Waals surface area contributed by atoms with Gasteiger partial charge >= 0.3 is 11.9 Å². The first-order valence-corrected chi connectivity index (χ1v) is 3.81. The van der Waals surface area contributed by atoms with Gasteiger partial charge in [0.1, 0.15) is 6.10 Å². The summed E-state index contributed by atoms with van der Waals surface area (Å²) >= 11 is 0. The largest absolute Gasteiger partial charge is 0.467 e. The van der Waals surface area contributed by atoms with E-state index >= 15 is 0 Å². The zero-order valence-corrected chi connectivity index (χ0v) is 7.28. The molecule has 3 N–H and O–H groups in total. The fourth-order valence-corrected chi connectivity index (χ4v) is 1.10. The Kier molecular flexibility index (Phi) is 3.04. The average Bonchev–Trinajstić information content (AvgIpc) is 2.43. The number of ether oxygens (including phenoxy) is 2. The Morgan fingerprint density at radius 3 is 2.50 bits per heavy atom. The van der Waals surface area contributed by atoms with Crippen molar-refractivity contribution >= 4 is 11.9 Å². The lowest BCUT2D eigenvalue weighted by molar-refractivity contribution is -0.164. The molecule has 0 aromatic carbocycles. The molecular formula is C7H10O7. The number of esters is 2. The number of aliphatic hydroxyl groups is 3. The molecule has 0 spiro atoms. The second-order valence-corrected chi connectivity index (χ2v) is 2.80. The van der Waals surface area contributed by atoms with Gasteiger partial charge in [-0.3, -0.25) is 0 Å². The van der Waals surface area contributed by atoms with Crippen LogP contribution in [0.25, 0.3) is 0 Å². The molecule has 0 saturated carbocycles. The molecule has 0 aromatic rings.